The number of hydrogen-bond donors (Lipinski definition) is 1. The SMILES string of the molecule is CCC(=O)N(C1CCC(C)CC1)[C@H]1C[C@@H](C(=O)O)N(C(=O)[C@@H]2CN(C(C)(C)C)C[C@H]2c2ccc(Cl)cc2)C1. The molecule has 1 saturated carbocycles. The quantitative estimate of drug-likeness (QED) is 0.542. The summed E-state index contributed by atoms with van der Waals surface area (Å²) in [6.45, 7) is 12.1. The number of carbonyl (C=O) groups excluding carboxylic acids is 2. The predicted molar refractivity (Wildman–Crippen MR) is 149 cm³/mol. The Morgan fingerprint density at radius 3 is 2.18 bits per heavy atom. The number of hydrogen-bond acceptors (Lipinski definition) is 4. The maximum absolute atomic E-state index is 14.2. The monoisotopic (exact) mass is 545 g/mol. The average molecular weight is 546 g/mol. The molecule has 3 fully saturated rings. The third kappa shape index (κ3) is 6.04. The molecule has 8 heteroatoms. The van der Waals surface area contributed by atoms with Crippen LogP contribution in [0.5, 0.6) is 0 Å². The van der Waals surface area contributed by atoms with Crippen LogP contribution in [-0.4, -0.2) is 80.9 Å². The van der Waals surface area contributed by atoms with Crippen LogP contribution in [-0.2, 0) is 14.4 Å². The number of nitrogens with zero attached hydrogens (tertiary/aromatic N) is 3. The maximum atomic E-state index is 14.2. The van der Waals surface area contributed by atoms with E-state index >= 15 is 0 Å². The molecule has 210 valence electrons. The summed E-state index contributed by atoms with van der Waals surface area (Å²) in [5.41, 5.74) is 0.920. The van der Waals surface area contributed by atoms with Gasteiger partial charge in [0.2, 0.25) is 11.8 Å². The van der Waals surface area contributed by atoms with E-state index in [1.807, 2.05) is 36.1 Å². The molecule has 2 saturated heterocycles. The van der Waals surface area contributed by atoms with Gasteiger partial charge in [0.05, 0.1) is 12.0 Å². The molecule has 0 bridgehead atoms. The Labute approximate surface area is 232 Å². The van der Waals surface area contributed by atoms with E-state index in [1.54, 1.807) is 4.90 Å². The first kappa shape index (κ1) is 28.9. The van der Waals surface area contributed by atoms with Crippen molar-refractivity contribution in [1.82, 2.24) is 14.7 Å². The highest BCUT2D eigenvalue weighted by Gasteiger charge is 2.50. The van der Waals surface area contributed by atoms with Gasteiger partial charge < -0.3 is 14.9 Å². The first-order valence-electron chi connectivity index (χ1n) is 14.3. The molecular weight excluding hydrogens is 502 g/mol. The fraction of sp³-hybridized carbons (Fsp3) is 0.700. The van der Waals surface area contributed by atoms with Crippen molar-refractivity contribution in [2.75, 3.05) is 19.6 Å². The van der Waals surface area contributed by atoms with Crippen LogP contribution in [0.1, 0.15) is 84.6 Å². The number of benzene rings is 1. The standard InChI is InChI=1S/C30H44ClN3O4/c1-6-27(35)34(22-13-7-19(2)8-14-22)23-15-26(29(37)38)33(16-23)28(36)25-18-32(30(3,4)5)17-24(25)20-9-11-21(31)12-10-20/h9-12,19,22-26H,6-8,13-18H2,1-5H3,(H,37,38)/t19?,22?,23-,24-,25+,26-/m0/s1. The van der Waals surface area contributed by atoms with Crippen LogP contribution in [0.2, 0.25) is 5.02 Å². The highest BCUT2D eigenvalue weighted by Crippen LogP contribution is 2.40. The minimum atomic E-state index is -0.990. The zero-order valence-corrected chi connectivity index (χ0v) is 24.3. The van der Waals surface area contributed by atoms with Crippen LogP contribution < -0.4 is 0 Å². The van der Waals surface area contributed by atoms with Crippen LogP contribution in [0.3, 0.4) is 0 Å². The molecule has 2 aliphatic heterocycles. The molecule has 0 aromatic heterocycles. The first-order valence-corrected chi connectivity index (χ1v) is 14.6. The van der Waals surface area contributed by atoms with E-state index < -0.39 is 12.0 Å². The van der Waals surface area contributed by atoms with Crippen LogP contribution in [0.4, 0.5) is 0 Å². The molecule has 3 aliphatic rings. The second-order valence-corrected chi connectivity index (χ2v) is 13.1. The van der Waals surface area contributed by atoms with Gasteiger partial charge in [-0.05, 0) is 70.1 Å². The number of carboxylic acid groups (broad SMARTS) is 1. The van der Waals surface area contributed by atoms with E-state index in [0.29, 0.717) is 30.3 Å². The van der Waals surface area contributed by atoms with Gasteiger partial charge in [-0.1, -0.05) is 37.6 Å². The lowest BCUT2D eigenvalue weighted by molar-refractivity contribution is -0.150. The molecule has 4 rings (SSSR count). The van der Waals surface area contributed by atoms with Gasteiger partial charge in [0.1, 0.15) is 6.04 Å². The molecule has 1 aromatic rings. The number of likely N-dealkylation sites (tertiary alicyclic amines) is 2. The summed E-state index contributed by atoms with van der Waals surface area (Å²) in [4.78, 5) is 45.7. The van der Waals surface area contributed by atoms with Crippen molar-refractivity contribution in [3.05, 3.63) is 34.9 Å². The topological polar surface area (TPSA) is 81.2 Å². The molecule has 0 unspecified atom stereocenters. The molecule has 4 atom stereocenters. The van der Waals surface area contributed by atoms with Gasteiger partial charge >= 0.3 is 5.97 Å². The lowest BCUT2D eigenvalue weighted by atomic mass is 9.85. The molecule has 0 spiro atoms. The second kappa shape index (κ2) is 11.5. The van der Waals surface area contributed by atoms with Gasteiger partial charge in [0.25, 0.3) is 0 Å². The predicted octanol–water partition coefficient (Wildman–Crippen LogP) is 5.03. The summed E-state index contributed by atoms with van der Waals surface area (Å²) in [5.74, 6) is -0.811. The number of halogens is 1. The van der Waals surface area contributed by atoms with Gasteiger partial charge in [0, 0.05) is 55.0 Å². The van der Waals surface area contributed by atoms with Gasteiger partial charge in [0.15, 0.2) is 0 Å². The van der Waals surface area contributed by atoms with Gasteiger partial charge in [-0.2, -0.15) is 0 Å². The highest BCUT2D eigenvalue weighted by atomic mass is 35.5. The van der Waals surface area contributed by atoms with Gasteiger partial charge in [-0.15, -0.1) is 0 Å². The third-order valence-corrected chi connectivity index (χ3v) is 9.35. The summed E-state index contributed by atoms with van der Waals surface area (Å²) >= 11 is 6.15. The Morgan fingerprint density at radius 2 is 1.63 bits per heavy atom. The van der Waals surface area contributed by atoms with E-state index in [0.717, 1.165) is 37.8 Å². The van der Waals surface area contributed by atoms with Crippen molar-refractivity contribution in [2.24, 2.45) is 11.8 Å². The summed E-state index contributed by atoms with van der Waals surface area (Å²) in [6, 6.07) is 6.60. The lowest BCUT2D eigenvalue weighted by Crippen LogP contribution is -2.50. The number of rotatable bonds is 6. The van der Waals surface area contributed by atoms with E-state index in [1.165, 1.54) is 0 Å². The Hall–Kier alpha value is -2.12. The van der Waals surface area contributed by atoms with Crippen LogP contribution >= 0.6 is 11.6 Å². The number of carboxylic acids is 1. The molecule has 2 heterocycles. The second-order valence-electron chi connectivity index (χ2n) is 12.6. The maximum Gasteiger partial charge on any atom is 0.326 e. The smallest absolute Gasteiger partial charge is 0.326 e. The molecule has 1 aromatic carbocycles. The van der Waals surface area contributed by atoms with Crippen LogP contribution in [0.15, 0.2) is 24.3 Å². The summed E-state index contributed by atoms with van der Waals surface area (Å²) in [7, 11) is 0. The van der Waals surface area contributed by atoms with E-state index in [9.17, 15) is 19.5 Å². The Balaban J connectivity index is 1.61. The zero-order valence-electron chi connectivity index (χ0n) is 23.5. The van der Waals surface area contributed by atoms with Gasteiger partial charge in [-0.25, -0.2) is 4.79 Å². The van der Waals surface area contributed by atoms with Gasteiger partial charge in [-0.3, -0.25) is 14.5 Å². The summed E-state index contributed by atoms with van der Waals surface area (Å²) in [5, 5.41) is 10.8. The van der Waals surface area contributed by atoms with Crippen molar-refractivity contribution >= 4 is 29.4 Å². The Kier molecular flexibility index (Phi) is 8.78. The number of carbonyl (C=O) groups is 3. The molecule has 38 heavy (non-hydrogen) atoms. The molecule has 0 radical (unpaired) electrons. The average Bonchev–Trinajstić information content (AvgIpc) is 3.51. The minimum Gasteiger partial charge on any atom is -0.480 e. The Morgan fingerprint density at radius 1 is 1.00 bits per heavy atom. The Bertz CT molecular complexity index is 1020. The summed E-state index contributed by atoms with van der Waals surface area (Å²) in [6.07, 6.45) is 4.71. The fourth-order valence-corrected chi connectivity index (χ4v) is 6.89. The highest BCUT2D eigenvalue weighted by molar-refractivity contribution is 6.30. The van der Waals surface area contributed by atoms with Crippen LogP contribution in [0, 0.1) is 11.8 Å². The largest absolute Gasteiger partial charge is 0.480 e. The first-order chi connectivity index (χ1) is 17.9. The molecule has 1 N–H and O–H groups in total. The van der Waals surface area contributed by atoms with Crippen LogP contribution in [0.25, 0.3) is 0 Å². The zero-order chi connectivity index (χ0) is 27.8. The normalized spacial score (nSPS) is 30.4. The summed E-state index contributed by atoms with van der Waals surface area (Å²) < 4.78 is 0. The minimum absolute atomic E-state index is 0.0549. The van der Waals surface area contributed by atoms with Crippen molar-refractivity contribution < 1.29 is 19.5 Å². The third-order valence-electron chi connectivity index (χ3n) is 9.09. The van der Waals surface area contributed by atoms with Crippen molar-refractivity contribution in [3.8, 4) is 0 Å². The molecule has 2 amide bonds. The molecular formula is C30H44ClN3O4. The fourth-order valence-electron chi connectivity index (χ4n) is 6.76. The molecule has 1 aliphatic carbocycles. The number of aliphatic carboxylic acids is 1. The van der Waals surface area contributed by atoms with Crippen molar-refractivity contribution in [3.63, 3.8) is 0 Å². The van der Waals surface area contributed by atoms with E-state index in [2.05, 4.69) is 32.6 Å². The molecule has 7 nitrogen and oxygen atoms in total. The number of amides is 2. The van der Waals surface area contributed by atoms with Crippen molar-refractivity contribution in [2.45, 2.75) is 103 Å². The lowest BCUT2D eigenvalue weighted by Gasteiger charge is -2.40. The van der Waals surface area contributed by atoms with E-state index in [-0.39, 0.29) is 47.8 Å². The van der Waals surface area contributed by atoms with E-state index in [4.69, 9.17) is 11.6 Å². The van der Waals surface area contributed by atoms with Crippen molar-refractivity contribution in [1.29, 1.82) is 0 Å².